The Kier molecular flexibility index (Phi) is 4.55. The highest BCUT2D eigenvalue weighted by atomic mass is 32.1. The van der Waals surface area contributed by atoms with Gasteiger partial charge in [0.2, 0.25) is 5.89 Å². The molecule has 20 heavy (non-hydrogen) atoms. The van der Waals surface area contributed by atoms with E-state index in [9.17, 15) is 0 Å². The molecule has 0 spiro atoms. The van der Waals surface area contributed by atoms with Crippen LogP contribution < -0.4 is 5.32 Å². The van der Waals surface area contributed by atoms with Gasteiger partial charge in [0.15, 0.2) is 5.82 Å². The summed E-state index contributed by atoms with van der Waals surface area (Å²) in [6.07, 6.45) is 1.37. The van der Waals surface area contributed by atoms with Crippen LogP contribution in [0.4, 0.5) is 0 Å². The lowest BCUT2D eigenvalue weighted by Crippen LogP contribution is -2.24. The third-order valence-electron chi connectivity index (χ3n) is 3.02. The molecule has 0 saturated heterocycles. The van der Waals surface area contributed by atoms with Crippen molar-refractivity contribution in [1.29, 1.82) is 0 Å². The summed E-state index contributed by atoms with van der Waals surface area (Å²) in [5, 5.41) is 10.4. The highest BCUT2D eigenvalue weighted by Gasteiger charge is 2.19. The van der Waals surface area contributed by atoms with E-state index in [1.54, 1.807) is 11.3 Å². The molecule has 0 aliphatic carbocycles. The van der Waals surface area contributed by atoms with Crippen molar-refractivity contribution in [3.05, 3.63) is 27.8 Å². The summed E-state index contributed by atoms with van der Waals surface area (Å²) < 4.78 is 5.28. The SMILES string of the molecule is CNC(C)Cc1noc(Cc2csc(C(C)(C)C)n2)n1. The van der Waals surface area contributed by atoms with E-state index in [2.05, 4.69) is 53.5 Å². The second-order valence-corrected chi connectivity index (χ2v) is 6.93. The van der Waals surface area contributed by atoms with E-state index in [1.165, 1.54) is 0 Å². The smallest absolute Gasteiger partial charge is 0.232 e. The number of rotatable bonds is 5. The van der Waals surface area contributed by atoms with Crippen LogP contribution in [0, 0.1) is 0 Å². The number of aromatic nitrogens is 3. The summed E-state index contributed by atoms with van der Waals surface area (Å²) in [4.78, 5) is 9.05. The van der Waals surface area contributed by atoms with E-state index in [0.717, 1.165) is 22.9 Å². The quantitative estimate of drug-likeness (QED) is 0.918. The Morgan fingerprint density at radius 1 is 1.35 bits per heavy atom. The van der Waals surface area contributed by atoms with Gasteiger partial charge in [-0.3, -0.25) is 0 Å². The molecule has 0 bridgehead atoms. The number of hydrogen-bond donors (Lipinski definition) is 1. The van der Waals surface area contributed by atoms with Crippen LogP contribution in [-0.2, 0) is 18.3 Å². The highest BCUT2D eigenvalue weighted by molar-refractivity contribution is 7.09. The first kappa shape index (κ1) is 15.1. The molecule has 0 radical (unpaired) electrons. The normalized spacial score (nSPS) is 13.7. The molecule has 2 rings (SSSR count). The van der Waals surface area contributed by atoms with Gasteiger partial charge < -0.3 is 9.84 Å². The maximum absolute atomic E-state index is 5.28. The number of nitrogens with one attached hydrogen (secondary N) is 1. The third kappa shape index (κ3) is 3.86. The van der Waals surface area contributed by atoms with Crippen LogP contribution in [0.5, 0.6) is 0 Å². The van der Waals surface area contributed by atoms with Gasteiger partial charge in [-0.25, -0.2) is 4.98 Å². The molecule has 1 atom stereocenters. The molecule has 1 N–H and O–H groups in total. The van der Waals surface area contributed by atoms with Crippen molar-refractivity contribution in [2.75, 3.05) is 7.05 Å². The topological polar surface area (TPSA) is 63.8 Å². The van der Waals surface area contributed by atoms with Gasteiger partial charge in [-0.1, -0.05) is 25.9 Å². The van der Waals surface area contributed by atoms with E-state index in [0.29, 0.717) is 18.4 Å². The van der Waals surface area contributed by atoms with Crippen molar-refractivity contribution < 1.29 is 4.52 Å². The maximum atomic E-state index is 5.28. The molecular formula is C14H22N4OS. The molecule has 0 saturated carbocycles. The fourth-order valence-corrected chi connectivity index (χ4v) is 2.62. The van der Waals surface area contributed by atoms with Crippen molar-refractivity contribution in [1.82, 2.24) is 20.4 Å². The van der Waals surface area contributed by atoms with Crippen molar-refractivity contribution in [3.8, 4) is 0 Å². The summed E-state index contributed by atoms with van der Waals surface area (Å²) >= 11 is 1.69. The maximum Gasteiger partial charge on any atom is 0.232 e. The number of nitrogens with zero attached hydrogens (tertiary/aromatic N) is 3. The monoisotopic (exact) mass is 294 g/mol. The average Bonchev–Trinajstić information content (AvgIpc) is 2.98. The highest BCUT2D eigenvalue weighted by Crippen LogP contribution is 2.26. The summed E-state index contributed by atoms with van der Waals surface area (Å²) in [7, 11) is 1.93. The van der Waals surface area contributed by atoms with Crippen LogP contribution >= 0.6 is 11.3 Å². The van der Waals surface area contributed by atoms with Gasteiger partial charge in [-0.15, -0.1) is 11.3 Å². The Morgan fingerprint density at radius 3 is 2.70 bits per heavy atom. The Bertz CT molecular complexity index is 556. The van der Waals surface area contributed by atoms with E-state index >= 15 is 0 Å². The predicted molar refractivity (Wildman–Crippen MR) is 80.1 cm³/mol. The average molecular weight is 294 g/mol. The van der Waals surface area contributed by atoms with Gasteiger partial charge in [-0.05, 0) is 14.0 Å². The summed E-state index contributed by atoms with van der Waals surface area (Å²) in [5.74, 6) is 1.38. The molecule has 1 unspecified atom stereocenters. The van der Waals surface area contributed by atoms with Crippen molar-refractivity contribution >= 4 is 11.3 Å². The molecule has 0 amide bonds. The van der Waals surface area contributed by atoms with Crippen LogP contribution in [0.2, 0.25) is 0 Å². The second-order valence-electron chi connectivity index (χ2n) is 6.07. The third-order valence-corrected chi connectivity index (χ3v) is 4.33. The van der Waals surface area contributed by atoms with Gasteiger partial charge in [-0.2, -0.15) is 4.98 Å². The zero-order chi connectivity index (χ0) is 14.8. The van der Waals surface area contributed by atoms with Gasteiger partial charge in [0.1, 0.15) is 0 Å². The zero-order valence-electron chi connectivity index (χ0n) is 12.7. The van der Waals surface area contributed by atoms with Crippen molar-refractivity contribution in [2.24, 2.45) is 0 Å². The van der Waals surface area contributed by atoms with E-state index in [-0.39, 0.29) is 5.41 Å². The van der Waals surface area contributed by atoms with Crippen LogP contribution in [0.15, 0.2) is 9.90 Å². The van der Waals surface area contributed by atoms with E-state index in [4.69, 9.17) is 4.52 Å². The number of hydrogen-bond acceptors (Lipinski definition) is 6. The Labute approximate surface area is 123 Å². The molecular weight excluding hydrogens is 272 g/mol. The van der Waals surface area contributed by atoms with Crippen LogP contribution in [0.3, 0.4) is 0 Å². The first-order chi connectivity index (χ1) is 9.38. The summed E-state index contributed by atoms with van der Waals surface area (Å²) in [6, 6.07) is 0.340. The van der Waals surface area contributed by atoms with Crippen LogP contribution in [0.25, 0.3) is 0 Å². The Morgan fingerprint density at radius 2 is 2.10 bits per heavy atom. The fourth-order valence-electron chi connectivity index (χ4n) is 1.71. The lowest BCUT2D eigenvalue weighted by atomic mass is 9.98. The lowest BCUT2D eigenvalue weighted by molar-refractivity contribution is 0.376. The van der Waals surface area contributed by atoms with Gasteiger partial charge in [0, 0.05) is 23.3 Å². The number of thiazole rings is 1. The molecule has 0 aliphatic rings. The molecule has 2 aromatic heterocycles. The fraction of sp³-hybridized carbons (Fsp3) is 0.643. The lowest BCUT2D eigenvalue weighted by Gasteiger charge is -2.13. The standard InChI is InChI=1S/C14H22N4OS/c1-9(15-5)6-11-17-12(19-18-11)7-10-8-20-13(16-10)14(2,3)4/h8-9,15H,6-7H2,1-5H3. The van der Waals surface area contributed by atoms with Gasteiger partial charge in [0.25, 0.3) is 0 Å². The Hall–Kier alpha value is -1.27. The van der Waals surface area contributed by atoms with Crippen molar-refractivity contribution in [3.63, 3.8) is 0 Å². The van der Waals surface area contributed by atoms with Crippen molar-refractivity contribution in [2.45, 2.75) is 52.0 Å². The second kappa shape index (κ2) is 6.01. The molecule has 2 aromatic rings. The first-order valence-electron chi connectivity index (χ1n) is 6.82. The van der Waals surface area contributed by atoms with Crippen LogP contribution in [-0.4, -0.2) is 28.2 Å². The predicted octanol–water partition coefficient (Wildman–Crippen LogP) is 2.56. The molecule has 2 heterocycles. The largest absolute Gasteiger partial charge is 0.339 e. The Balaban J connectivity index is 2.02. The minimum atomic E-state index is 0.0884. The minimum Gasteiger partial charge on any atom is -0.339 e. The first-order valence-corrected chi connectivity index (χ1v) is 7.70. The summed E-state index contributed by atoms with van der Waals surface area (Å²) in [6.45, 7) is 8.59. The van der Waals surface area contributed by atoms with Crippen LogP contribution in [0.1, 0.15) is 50.1 Å². The summed E-state index contributed by atoms with van der Waals surface area (Å²) in [5.41, 5.74) is 1.09. The van der Waals surface area contributed by atoms with Gasteiger partial charge in [0.05, 0.1) is 17.1 Å². The van der Waals surface area contributed by atoms with E-state index < -0.39 is 0 Å². The minimum absolute atomic E-state index is 0.0884. The number of likely N-dealkylation sites (N-methyl/N-ethyl adjacent to an activating group) is 1. The molecule has 6 heteroatoms. The van der Waals surface area contributed by atoms with Gasteiger partial charge >= 0.3 is 0 Å². The van der Waals surface area contributed by atoms with E-state index in [1.807, 2.05) is 7.05 Å². The molecule has 5 nitrogen and oxygen atoms in total. The molecule has 0 aliphatic heterocycles. The molecule has 0 fully saturated rings. The molecule has 110 valence electrons. The zero-order valence-corrected chi connectivity index (χ0v) is 13.5. The molecule has 0 aromatic carbocycles.